The van der Waals surface area contributed by atoms with E-state index in [1.807, 2.05) is 0 Å². The maximum Gasteiger partial charge on any atom is 0.341 e. The summed E-state index contributed by atoms with van der Waals surface area (Å²) in [6.07, 6.45) is 2.68. The molecule has 0 aliphatic heterocycles. The Hall–Kier alpha value is -3.01. The fourth-order valence-electron chi connectivity index (χ4n) is 2.36. The standard InChI is InChI=1S/C16H13F2N3O4S/c1-2-25-16(22)11-9-19-21-7-6-10(8-14(11)21)20-26(23,24)15-12(17)4-3-5-13(15)18/h3-9,20H,2H2,1H3. The Morgan fingerprint density at radius 3 is 2.62 bits per heavy atom. The Balaban J connectivity index is 2.01. The van der Waals surface area contributed by atoms with E-state index in [2.05, 4.69) is 9.82 Å². The van der Waals surface area contributed by atoms with E-state index in [1.54, 1.807) is 6.92 Å². The first-order valence-electron chi connectivity index (χ1n) is 7.45. The lowest BCUT2D eigenvalue weighted by Crippen LogP contribution is -2.16. The maximum absolute atomic E-state index is 13.8. The molecule has 0 unspecified atom stereocenters. The van der Waals surface area contributed by atoms with E-state index in [4.69, 9.17) is 4.74 Å². The van der Waals surface area contributed by atoms with E-state index >= 15 is 0 Å². The van der Waals surface area contributed by atoms with E-state index in [1.165, 1.54) is 29.0 Å². The van der Waals surface area contributed by atoms with Crippen LogP contribution in [0.25, 0.3) is 5.52 Å². The molecule has 0 spiro atoms. The number of aromatic nitrogens is 2. The van der Waals surface area contributed by atoms with Gasteiger partial charge in [-0.25, -0.2) is 26.5 Å². The first-order valence-corrected chi connectivity index (χ1v) is 8.93. The highest BCUT2D eigenvalue weighted by Crippen LogP contribution is 2.23. The lowest BCUT2D eigenvalue weighted by Gasteiger charge is -2.10. The van der Waals surface area contributed by atoms with E-state index in [-0.39, 0.29) is 23.4 Å². The van der Waals surface area contributed by atoms with Gasteiger partial charge in [0, 0.05) is 6.20 Å². The Morgan fingerprint density at radius 1 is 1.27 bits per heavy atom. The van der Waals surface area contributed by atoms with Crippen molar-refractivity contribution in [3.05, 3.63) is 59.9 Å². The van der Waals surface area contributed by atoms with Crippen molar-refractivity contribution >= 4 is 27.2 Å². The third-order valence-electron chi connectivity index (χ3n) is 3.46. The van der Waals surface area contributed by atoms with E-state index in [0.29, 0.717) is 0 Å². The van der Waals surface area contributed by atoms with Crippen LogP contribution in [0.5, 0.6) is 0 Å². The van der Waals surface area contributed by atoms with Crippen molar-refractivity contribution in [2.45, 2.75) is 11.8 Å². The van der Waals surface area contributed by atoms with Gasteiger partial charge in [0.25, 0.3) is 10.0 Å². The summed E-state index contributed by atoms with van der Waals surface area (Å²) in [4.78, 5) is 10.8. The molecule has 0 atom stereocenters. The van der Waals surface area contributed by atoms with Crippen molar-refractivity contribution in [2.24, 2.45) is 0 Å². The zero-order valence-electron chi connectivity index (χ0n) is 13.4. The molecule has 0 amide bonds. The molecule has 0 aliphatic carbocycles. The average molecular weight is 381 g/mol. The molecule has 0 saturated heterocycles. The first-order chi connectivity index (χ1) is 12.3. The van der Waals surface area contributed by atoms with Gasteiger partial charge in [0.15, 0.2) is 4.90 Å². The summed E-state index contributed by atoms with van der Waals surface area (Å²) < 4.78 is 60.6. The van der Waals surface area contributed by atoms with Crippen molar-refractivity contribution < 1.29 is 26.7 Å². The largest absolute Gasteiger partial charge is 0.462 e. The lowest BCUT2D eigenvalue weighted by atomic mass is 10.2. The molecule has 7 nitrogen and oxygen atoms in total. The number of fused-ring (bicyclic) bond motifs is 1. The number of hydrogen-bond acceptors (Lipinski definition) is 5. The van der Waals surface area contributed by atoms with Gasteiger partial charge >= 0.3 is 5.97 Å². The summed E-state index contributed by atoms with van der Waals surface area (Å²) in [6, 6.07) is 5.40. The number of carbonyl (C=O) groups excluding carboxylic acids is 1. The molecule has 0 saturated carbocycles. The van der Waals surface area contributed by atoms with Crippen molar-refractivity contribution in [1.29, 1.82) is 0 Å². The van der Waals surface area contributed by atoms with Crippen LogP contribution in [-0.4, -0.2) is 30.6 Å². The van der Waals surface area contributed by atoms with Gasteiger partial charge in [0.05, 0.1) is 24.0 Å². The number of benzene rings is 1. The van der Waals surface area contributed by atoms with E-state index in [9.17, 15) is 22.0 Å². The number of pyridine rings is 1. The molecule has 0 bridgehead atoms. The Labute approximate surface area is 147 Å². The molecule has 2 heterocycles. The molecule has 1 N–H and O–H groups in total. The van der Waals surface area contributed by atoms with Crippen molar-refractivity contribution in [3.8, 4) is 0 Å². The highest BCUT2D eigenvalue weighted by molar-refractivity contribution is 7.92. The predicted octanol–water partition coefficient (Wildman–Crippen LogP) is 2.59. The molecule has 2 aromatic heterocycles. The second-order valence-electron chi connectivity index (χ2n) is 5.18. The number of hydrogen-bond donors (Lipinski definition) is 1. The van der Waals surface area contributed by atoms with Crippen LogP contribution in [0.15, 0.2) is 47.6 Å². The first kappa shape index (κ1) is 17.8. The minimum atomic E-state index is -4.52. The summed E-state index contributed by atoms with van der Waals surface area (Å²) >= 11 is 0. The molecule has 3 aromatic rings. The number of halogens is 2. The normalized spacial score (nSPS) is 11.5. The Kier molecular flexibility index (Phi) is 4.60. The zero-order chi connectivity index (χ0) is 18.9. The molecule has 0 fully saturated rings. The third-order valence-corrected chi connectivity index (χ3v) is 4.89. The summed E-state index contributed by atoms with van der Waals surface area (Å²) in [5, 5.41) is 3.96. The number of esters is 1. The van der Waals surface area contributed by atoms with Crippen LogP contribution >= 0.6 is 0 Å². The van der Waals surface area contributed by atoms with Gasteiger partial charge in [-0.15, -0.1) is 0 Å². The molecule has 0 radical (unpaired) electrons. The molecule has 26 heavy (non-hydrogen) atoms. The van der Waals surface area contributed by atoms with Gasteiger partial charge in [0.1, 0.15) is 17.2 Å². The van der Waals surface area contributed by atoms with Crippen molar-refractivity contribution in [3.63, 3.8) is 0 Å². The molecule has 10 heteroatoms. The van der Waals surface area contributed by atoms with Crippen molar-refractivity contribution in [2.75, 3.05) is 11.3 Å². The van der Waals surface area contributed by atoms with Gasteiger partial charge in [0.2, 0.25) is 0 Å². The van der Waals surface area contributed by atoms with Gasteiger partial charge in [-0.05, 0) is 31.2 Å². The lowest BCUT2D eigenvalue weighted by molar-refractivity contribution is 0.0528. The average Bonchev–Trinajstić information content (AvgIpc) is 2.97. The molecule has 136 valence electrons. The van der Waals surface area contributed by atoms with E-state index < -0.39 is 32.5 Å². The molecule has 3 rings (SSSR count). The van der Waals surface area contributed by atoms with Gasteiger partial charge in [-0.3, -0.25) is 4.72 Å². The summed E-state index contributed by atoms with van der Waals surface area (Å²) in [7, 11) is -4.52. The topological polar surface area (TPSA) is 89.8 Å². The van der Waals surface area contributed by atoms with Crippen LogP contribution in [0.1, 0.15) is 17.3 Å². The highest BCUT2D eigenvalue weighted by Gasteiger charge is 2.24. The summed E-state index contributed by atoms with van der Waals surface area (Å²) in [5.74, 6) is -3.05. The Bertz CT molecular complexity index is 1080. The minimum Gasteiger partial charge on any atom is -0.462 e. The molecular formula is C16H13F2N3O4S. The number of rotatable bonds is 5. The summed E-state index contributed by atoms with van der Waals surface area (Å²) in [6.45, 7) is 1.81. The number of nitrogens with one attached hydrogen (secondary N) is 1. The fourth-order valence-corrected chi connectivity index (χ4v) is 3.54. The monoisotopic (exact) mass is 381 g/mol. The van der Waals surface area contributed by atoms with Crippen molar-refractivity contribution in [1.82, 2.24) is 9.61 Å². The number of nitrogens with zero attached hydrogens (tertiary/aromatic N) is 2. The van der Waals surface area contributed by atoms with Crippen LogP contribution in [-0.2, 0) is 14.8 Å². The molecule has 1 aromatic carbocycles. The maximum atomic E-state index is 13.8. The van der Waals surface area contributed by atoms with Crippen LogP contribution in [0.3, 0.4) is 0 Å². The van der Waals surface area contributed by atoms with Crippen LogP contribution in [0, 0.1) is 11.6 Å². The van der Waals surface area contributed by atoms with Crippen LogP contribution < -0.4 is 4.72 Å². The second-order valence-corrected chi connectivity index (χ2v) is 6.80. The fraction of sp³-hybridized carbons (Fsp3) is 0.125. The Morgan fingerprint density at radius 2 is 1.96 bits per heavy atom. The predicted molar refractivity (Wildman–Crippen MR) is 88.3 cm³/mol. The highest BCUT2D eigenvalue weighted by atomic mass is 32.2. The van der Waals surface area contributed by atoms with Crippen LogP contribution in [0.4, 0.5) is 14.5 Å². The van der Waals surface area contributed by atoms with Gasteiger partial charge < -0.3 is 4.74 Å². The minimum absolute atomic E-state index is 0.00574. The smallest absolute Gasteiger partial charge is 0.341 e. The number of ether oxygens (including phenoxy) is 1. The third kappa shape index (κ3) is 3.23. The molecular weight excluding hydrogens is 368 g/mol. The summed E-state index contributed by atoms with van der Waals surface area (Å²) in [5.41, 5.74) is 0.411. The molecule has 0 aliphatic rings. The van der Waals surface area contributed by atoms with Crippen LogP contribution in [0.2, 0.25) is 0 Å². The number of sulfonamides is 1. The number of anilines is 1. The van der Waals surface area contributed by atoms with E-state index in [0.717, 1.165) is 18.2 Å². The van der Waals surface area contributed by atoms with Gasteiger partial charge in [-0.2, -0.15) is 5.10 Å². The quantitative estimate of drug-likeness (QED) is 0.686. The van der Waals surface area contributed by atoms with Gasteiger partial charge in [-0.1, -0.05) is 6.07 Å². The second kappa shape index (κ2) is 6.71. The number of carbonyl (C=O) groups is 1. The SMILES string of the molecule is CCOC(=O)c1cnn2ccc(NS(=O)(=O)c3c(F)cccc3F)cc12. The zero-order valence-corrected chi connectivity index (χ0v) is 14.3.